The second kappa shape index (κ2) is 5.89. The first kappa shape index (κ1) is 13.6. The molecule has 102 valence electrons. The normalized spacial score (nSPS) is 14.2. The average Bonchev–Trinajstić information content (AvgIpc) is 3.24. The standard InChI is InChI=1S/C14H13N3O3/c15-7-10(8-16-11-4-5-11)13(18)17-12-3-1-2-9(6-12)14(19)20/h1-3,6,8,11,16H,4-5H2,(H,17,18)(H,19,20)/b10-8-. The summed E-state index contributed by atoms with van der Waals surface area (Å²) in [6, 6.07) is 8.01. The van der Waals surface area contributed by atoms with Gasteiger partial charge in [-0.05, 0) is 31.0 Å². The van der Waals surface area contributed by atoms with Crippen molar-refractivity contribution in [2.75, 3.05) is 5.32 Å². The zero-order valence-electron chi connectivity index (χ0n) is 10.6. The Morgan fingerprint density at radius 3 is 2.75 bits per heavy atom. The number of benzene rings is 1. The van der Waals surface area contributed by atoms with Crippen LogP contribution >= 0.6 is 0 Å². The number of carboxylic acid groups (broad SMARTS) is 1. The van der Waals surface area contributed by atoms with Crippen molar-refractivity contribution in [3.8, 4) is 6.07 Å². The van der Waals surface area contributed by atoms with Crippen LogP contribution in [0.3, 0.4) is 0 Å². The summed E-state index contributed by atoms with van der Waals surface area (Å²) in [7, 11) is 0. The van der Waals surface area contributed by atoms with Gasteiger partial charge in [-0.1, -0.05) is 6.07 Å². The number of rotatable bonds is 5. The highest BCUT2D eigenvalue weighted by Crippen LogP contribution is 2.19. The maximum Gasteiger partial charge on any atom is 0.335 e. The van der Waals surface area contributed by atoms with Crippen LogP contribution < -0.4 is 10.6 Å². The maximum atomic E-state index is 11.9. The number of carboxylic acids is 1. The van der Waals surface area contributed by atoms with Gasteiger partial charge >= 0.3 is 5.97 Å². The van der Waals surface area contributed by atoms with Crippen molar-refractivity contribution in [3.05, 3.63) is 41.6 Å². The molecule has 6 nitrogen and oxygen atoms in total. The molecule has 1 aromatic carbocycles. The van der Waals surface area contributed by atoms with E-state index in [1.54, 1.807) is 6.07 Å². The lowest BCUT2D eigenvalue weighted by Gasteiger charge is -2.05. The van der Waals surface area contributed by atoms with Crippen molar-refractivity contribution in [3.63, 3.8) is 0 Å². The Kier molecular flexibility index (Phi) is 4.01. The molecule has 2 rings (SSSR count). The lowest BCUT2D eigenvalue weighted by Crippen LogP contribution is -2.17. The minimum atomic E-state index is -1.08. The van der Waals surface area contributed by atoms with Gasteiger partial charge in [0.05, 0.1) is 5.56 Å². The Morgan fingerprint density at radius 1 is 1.40 bits per heavy atom. The SMILES string of the molecule is N#C/C(=C/NC1CC1)C(=O)Nc1cccc(C(=O)O)c1. The van der Waals surface area contributed by atoms with Gasteiger partial charge in [0.2, 0.25) is 0 Å². The highest BCUT2D eigenvalue weighted by Gasteiger charge is 2.20. The van der Waals surface area contributed by atoms with Crippen LogP contribution in [0.25, 0.3) is 0 Å². The third-order valence-electron chi connectivity index (χ3n) is 2.77. The predicted octanol–water partition coefficient (Wildman–Crippen LogP) is 1.48. The van der Waals surface area contributed by atoms with Gasteiger partial charge in [0.25, 0.3) is 5.91 Å². The van der Waals surface area contributed by atoms with E-state index in [-0.39, 0.29) is 11.1 Å². The van der Waals surface area contributed by atoms with Gasteiger partial charge in [-0.3, -0.25) is 4.79 Å². The van der Waals surface area contributed by atoms with E-state index in [1.165, 1.54) is 24.4 Å². The van der Waals surface area contributed by atoms with Crippen LogP contribution in [0.4, 0.5) is 5.69 Å². The minimum absolute atomic E-state index is 0.0439. The smallest absolute Gasteiger partial charge is 0.335 e. The van der Waals surface area contributed by atoms with Crippen molar-refractivity contribution in [2.24, 2.45) is 0 Å². The summed E-state index contributed by atoms with van der Waals surface area (Å²) in [5, 5.41) is 23.3. The molecule has 3 N–H and O–H groups in total. The summed E-state index contributed by atoms with van der Waals surface area (Å²) in [6.07, 6.45) is 3.48. The fraction of sp³-hybridized carbons (Fsp3) is 0.214. The first-order chi connectivity index (χ1) is 9.60. The minimum Gasteiger partial charge on any atom is -0.478 e. The van der Waals surface area contributed by atoms with Crippen LogP contribution in [0.1, 0.15) is 23.2 Å². The number of aromatic carboxylic acids is 1. The van der Waals surface area contributed by atoms with Crippen molar-refractivity contribution in [1.29, 1.82) is 5.26 Å². The zero-order valence-corrected chi connectivity index (χ0v) is 10.6. The Morgan fingerprint density at radius 2 is 2.15 bits per heavy atom. The van der Waals surface area contributed by atoms with E-state index >= 15 is 0 Å². The van der Waals surface area contributed by atoms with Gasteiger partial charge in [0.15, 0.2) is 0 Å². The lowest BCUT2D eigenvalue weighted by atomic mass is 10.2. The molecule has 0 aliphatic heterocycles. The molecular formula is C14H13N3O3. The number of carbonyl (C=O) groups is 2. The third-order valence-corrected chi connectivity index (χ3v) is 2.77. The predicted molar refractivity (Wildman–Crippen MR) is 71.9 cm³/mol. The monoisotopic (exact) mass is 271 g/mol. The van der Waals surface area contributed by atoms with Crippen molar-refractivity contribution < 1.29 is 14.7 Å². The summed E-state index contributed by atoms with van der Waals surface area (Å²) in [5.74, 6) is -1.64. The molecule has 1 aliphatic carbocycles. The van der Waals surface area contributed by atoms with Gasteiger partial charge in [-0.25, -0.2) is 4.79 Å². The second-order valence-corrected chi connectivity index (χ2v) is 4.45. The molecule has 0 heterocycles. The molecule has 0 radical (unpaired) electrons. The van der Waals surface area contributed by atoms with Crippen molar-refractivity contribution in [2.45, 2.75) is 18.9 Å². The summed E-state index contributed by atoms with van der Waals surface area (Å²) in [6.45, 7) is 0. The summed E-state index contributed by atoms with van der Waals surface area (Å²) < 4.78 is 0. The molecule has 1 aromatic rings. The fourth-order valence-corrected chi connectivity index (χ4v) is 1.53. The van der Waals surface area contributed by atoms with E-state index in [0.717, 1.165) is 12.8 Å². The largest absolute Gasteiger partial charge is 0.478 e. The molecule has 20 heavy (non-hydrogen) atoms. The molecule has 0 aromatic heterocycles. The van der Waals surface area contributed by atoms with Crippen LogP contribution in [0.5, 0.6) is 0 Å². The molecule has 1 fully saturated rings. The number of nitrogens with zero attached hydrogens (tertiary/aromatic N) is 1. The number of amides is 1. The summed E-state index contributed by atoms with van der Waals surface area (Å²) in [5.41, 5.74) is 0.362. The second-order valence-electron chi connectivity index (χ2n) is 4.45. The molecule has 0 saturated heterocycles. The fourth-order valence-electron chi connectivity index (χ4n) is 1.53. The Hall–Kier alpha value is -2.81. The average molecular weight is 271 g/mol. The number of carbonyl (C=O) groups excluding carboxylic acids is 1. The quantitative estimate of drug-likeness (QED) is 0.556. The van der Waals surface area contributed by atoms with Gasteiger partial charge < -0.3 is 15.7 Å². The number of hydrogen-bond donors (Lipinski definition) is 3. The summed E-state index contributed by atoms with van der Waals surface area (Å²) >= 11 is 0. The van der Waals surface area contributed by atoms with Crippen LogP contribution in [0.2, 0.25) is 0 Å². The third kappa shape index (κ3) is 3.59. The lowest BCUT2D eigenvalue weighted by molar-refractivity contribution is -0.112. The number of nitrogens with one attached hydrogen (secondary N) is 2. The molecule has 0 atom stereocenters. The van der Waals surface area contributed by atoms with Crippen molar-refractivity contribution in [1.82, 2.24) is 5.32 Å². The van der Waals surface area contributed by atoms with Crippen molar-refractivity contribution >= 4 is 17.6 Å². The molecule has 1 amide bonds. The summed E-state index contributed by atoms with van der Waals surface area (Å²) in [4.78, 5) is 22.7. The number of anilines is 1. The van der Waals surface area contributed by atoms with E-state index < -0.39 is 11.9 Å². The molecule has 0 bridgehead atoms. The van der Waals surface area contributed by atoms with Crippen LogP contribution in [0.15, 0.2) is 36.0 Å². The van der Waals surface area contributed by atoms with Gasteiger partial charge in [-0.15, -0.1) is 0 Å². The molecule has 0 unspecified atom stereocenters. The Bertz CT molecular complexity index is 612. The van der Waals surface area contributed by atoms with E-state index in [4.69, 9.17) is 10.4 Å². The number of hydrogen-bond acceptors (Lipinski definition) is 4. The van der Waals surface area contributed by atoms with Gasteiger partial charge in [-0.2, -0.15) is 5.26 Å². The molecule has 1 aliphatic rings. The molecule has 0 spiro atoms. The molecule has 1 saturated carbocycles. The van der Waals surface area contributed by atoms with E-state index in [2.05, 4.69) is 10.6 Å². The highest BCUT2D eigenvalue weighted by molar-refractivity contribution is 6.06. The van der Waals surface area contributed by atoms with E-state index in [1.807, 2.05) is 6.07 Å². The Balaban J connectivity index is 2.05. The number of nitriles is 1. The molecular weight excluding hydrogens is 258 g/mol. The maximum absolute atomic E-state index is 11.9. The topological polar surface area (TPSA) is 102 Å². The molecule has 6 heteroatoms. The Labute approximate surface area is 115 Å². The first-order valence-corrected chi connectivity index (χ1v) is 6.11. The van der Waals surface area contributed by atoms with Crippen LogP contribution in [-0.2, 0) is 4.79 Å². The van der Waals surface area contributed by atoms with Crippen LogP contribution in [0, 0.1) is 11.3 Å². The van der Waals surface area contributed by atoms with E-state index in [0.29, 0.717) is 11.7 Å². The van der Waals surface area contributed by atoms with Gasteiger partial charge in [0.1, 0.15) is 11.6 Å². The van der Waals surface area contributed by atoms with Crippen LogP contribution in [-0.4, -0.2) is 23.0 Å². The van der Waals surface area contributed by atoms with Gasteiger partial charge in [0, 0.05) is 17.9 Å². The zero-order chi connectivity index (χ0) is 14.5. The first-order valence-electron chi connectivity index (χ1n) is 6.11. The highest BCUT2D eigenvalue weighted by atomic mass is 16.4. The van der Waals surface area contributed by atoms with E-state index in [9.17, 15) is 9.59 Å².